The molecule has 0 saturated heterocycles. The first-order valence-corrected chi connectivity index (χ1v) is 25.3. The molecule has 2 aliphatic rings. The summed E-state index contributed by atoms with van der Waals surface area (Å²) in [6.45, 7) is 4.72. The number of fused-ring (bicyclic) bond motifs is 8. The normalized spacial score (nSPS) is 13.1. The molecule has 14 rings (SSSR count). The molecule has 1 aliphatic heterocycles. The number of benzene rings is 11. The van der Waals surface area contributed by atoms with Gasteiger partial charge >= 0.3 is 0 Å². The molecule has 0 spiro atoms. The molecule has 1 aromatic heterocycles. The van der Waals surface area contributed by atoms with Gasteiger partial charge in [0.15, 0.2) is 0 Å². The van der Waals surface area contributed by atoms with Gasteiger partial charge in [-0.25, -0.2) is 0 Å². The number of nitrogens with zero attached hydrogens (tertiary/aromatic N) is 4. The highest BCUT2D eigenvalue weighted by Crippen LogP contribution is 2.55. The van der Waals surface area contributed by atoms with E-state index < -0.39 is 0 Å². The third kappa shape index (κ3) is 6.90. The second-order valence-electron chi connectivity index (χ2n) is 19.8. The van der Waals surface area contributed by atoms with Gasteiger partial charge in [0.25, 0.3) is 0 Å². The van der Waals surface area contributed by atoms with E-state index in [4.69, 9.17) is 0 Å². The van der Waals surface area contributed by atoms with Crippen LogP contribution in [0.5, 0.6) is 0 Å². The van der Waals surface area contributed by atoms with Crippen LogP contribution in [0.25, 0.3) is 60.9 Å². The van der Waals surface area contributed by atoms with Crippen molar-refractivity contribution in [1.82, 2.24) is 4.57 Å². The largest absolute Gasteiger partial charge is 0.310 e. The number of rotatable bonds is 8. The fourth-order valence-corrected chi connectivity index (χ4v) is 11.8. The van der Waals surface area contributed by atoms with Crippen LogP contribution in [-0.2, 0) is 5.41 Å². The smallest absolute Gasteiger partial charge is 0.0709 e. The average molecular weight is 935 g/mol. The summed E-state index contributed by atoms with van der Waals surface area (Å²) >= 11 is 0. The Kier molecular flexibility index (Phi) is 9.84. The van der Waals surface area contributed by atoms with Crippen LogP contribution in [0.1, 0.15) is 25.0 Å². The van der Waals surface area contributed by atoms with Crippen molar-refractivity contribution < 1.29 is 0 Å². The van der Waals surface area contributed by atoms with E-state index in [0.717, 1.165) is 68.0 Å². The third-order valence-electron chi connectivity index (χ3n) is 15.3. The Morgan fingerprint density at radius 1 is 0.301 bits per heavy atom. The topological polar surface area (TPSA) is 14.7 Å². The van der Waals surface area contributed by atoms with Crippen molar-refractivity contribution >= 4 is 73.0 Å². The summed E-state index contributed by atoms with van der Waals surface area (Å²) in [5.74, 6) is 0. The van der Waals surface area contributed by atoms with Crippen molar-refractivity contribution in [1.29, 1.82) is 0 Å². The third-order valence-corrected chi connectivity index (χ3v) is 15.3. The molecule has 0 saturated carbocycles. The maximum absolute atomic E-state index is 2.42. The fraction of sp³-hybridized carbons (Fsp3) is 0.0435. The molecular formula is C69H50N4. The van der Waals surface area contributed by atoms with Gasteiger partial charge in [-0.1, -0.05) is 166 Å². The van der Waals surface area contributed by atoms with Gasteiger partial charge in [0.2, 0.25) is 0 Å². The van der Waals surface area contributed by atoms with Gasteiger partial charge in [0.1, 0.15) is 0 Å². The number of hydrogen-bond donors (Lipinski definition) is 0. The number of aromatic nitrogens is 1. The molecule has 4 nitrogen and oxygen atoms in total. The van der Waals surface area contributed by atoms with E-state index in [2.05, 4.69) is 300 Å². The first-order valence-electron chi connectivity index (χ1n) is 25.3. The first-order chi connectivity index (χ1) is 36.0. The van der Waals surface area contributed by atoms with Crippen LogP contribution >= 0.6 is 0 Å². The highest BCUT2D eigenvalue weighted by molar-refractivity contribution is 6.10. The van der Waals surface area contributed by atoms with E-state index in [1.54, 1.807) is 0 Å². The predicted molar refractivity (Wildman–Crippen MR) is 307 cm³/mol. The maximum Gasteiger partial charge on any atom is 0.0709 e. The standard InChI is InChI=1S/C69H50N4/c1-69(2)61-26-14-12-24-57(61)58-41-40-56(46-62(58)69)70(54-36-30-47(31-37-54)49-34-42-64-60(44-49)59-25-13-15-27-63(59)71(64)51-18-6-3-7-19-51)55-38-32-48(33-39-55)50-35-43-67-68(45-50)73(53-22-10-5-11-23-53)66-29-17-16-28-65(66)72(67)52-20-8-4-9-21-52/h3-46H,1-2H3. The summed E-state index contributed by atoms with van der Waals surface area (Å²) in [6.07, 6.45) is 0. The predicted octanol–water partition coefficient (Wildman–Crippen LogP) is 19.1. The van der Waals surface area contributed by atoms with Crippen LogP contribution in [0.4, 0.5) is 51.2 Å². The summed E-state index contributed by atoms with van der Waals surface area (Å²) in [4.78, 5) is 7.21. The molecule has 0 unspecified atom stereocenters. The number of hydrogen-bond acceptors (Lipinski definition) is 3. The van der Waals surface area contributed by atoms with Crippen LogP contribution in [0.15, 0.2) is 267 Å². The number of para-hydroxylation sites is 6. The van der Waals surface area contributed by atoms with E-state index in [1.165, 1.54) is 55.2 Å². The quantitative estimate of drug-likeness (QED) is 0.151. The molecule has 73 heavy (non-hydrogen) atoms. The summed E-state index contributed by atoms with van der Waals surface area (Å²) in [6, 6.07) is 97.6. The van der Waals surface area contributed by atoms with Crippen LogP contribution in [0, 0.1) is 0 Å². The summed E-state index contributed by atoms with van der Waals surface area (Å²) in [5.41, 5.74) is 23.5. The Labute approximate surface area is 426 Å². The molecular weight excluding hydrogens is 885 g/mol. The molecule has 0 atom stereocenters. The lowest BCUT2D eigenvalue weighted by Gasteiger charge is -2.40. The van der Waals surface area contributed by atoms with Gasteiger partial charge in [-0.3, -0.25) is 0 Å². The van der Waals surface area contributed by atoms with Crippen molar-refractivity contribution in [2.45, 2.75) is 19.3 Å². The Morgan fingerprint density at radius 3 is 1.42 bits per heavy atom. The van der Waals surface area contributed by atoms with Crippen LogP contribution in [0.3, 0.4) is 0 Å². The summed E-state index contributed by atoms with van der Waals surface area (Å²) in [5, 5.41) is 2.49. The van der Waals surface area contributed by atoms with E-state index in [9.17, 15) is 0 Å². The molecule has 11 aromatic carbocycles. The molecule has 4 heteroatoms. The minimum atomic E-state index is -0.139. The highest BCUT2D eigenvalue weighted by atomic mass is 15.3. The van der Waals surface area contributed by atoms with Crippen molar-refractivity contribution in [3.63, 3.8) is 0 Å². The molecule has 2 heterocycles. The lowest BCUT2D eigenvalue weighted by Crippen LogP contribution is -2.24. The minimum Gasteiger partial charge on any atom is -0.310 e. The molecule has 0 bridgehead atoms. The second kappa shape index (κ2) is 16.9. The first kappa shape index (κ1) is 42.5. The highest BCUT2D eigenvalue weighted by Gasteiger charge is 2.36. The zero-order valence-electron chi connectivity index (χ0n) is 40.7. The van der Waals surface area contributed by atoms with Crippen LogP contribution in [0.2, 0.25) is 0 Å². The Balaban J connectivity index is 0.866. The van der Waals surface area contributed by atoms with Gasteiger partial charge in [0, 0.05) is 50.3 Å². The van der Waals surface area contributed by atoms with Crippen LogP contribution in [-0.4, -0.2) is 4.57 Å². The molecule has 1 aliphatic carbocycles. The van der Waals surface area contributed by atoms with Crippen molar-refractivity contribution in [3.8, 4) is 39.1 Å². The SMILES string of the molecule is CC1(C)c2ccccc2-c2ccc(N(c3ccc(-c4ccc5c(c4)N(c4ccccc4)c4ccccc4N5c4ccccc4)cc3)c3ccc(-c4ccc5c(c4)c4ccccc4n5-c4ccccc4)cc3)cc21. The minimum absolute atomic E-state index is 0.139. The zero-order valence-corrected chi connectivity index (χ0v) is 40.7. The van der Waals surface area contributed by atoms with Gasteiger partial charge < -0.3 is 19.3 Å². The van der Waals surface area contributed by atoms with Gasteiger partial charge in [-0.2, -0.15) is 0 Å². The monoisotopic (exact) mass is 934 g/mol. The zero-order chi connectivity index (χ0) is 48.6. The molecule has 0 fully saturated rings. The Bertz CT molecular complexity index is 4040. The molecule has 0 amide bonds. The van der Waals surface area contributed by atoms with Crippen molar-refractivity contribution in [3.05, 3.63) is 278 Å². The van der Waals surface area contributed by atoms with E-state index in [1.807, 2.05) is 0 Å². The van der Waals surface area contributed by atoms with Gasteiger partial charge in [0.05, 0.1) is 33.8 Å². The second-order valence-corrected chi connectivity index (χ2v) is 19.8. The lowest BCUT2D eigenvalue weighted by molar-refractivity contribution is 0.660. The Morgan fingerprint density at radius 2 is 0.767 bits per heavy atom. The van der Waals surface area contributed by atoms with Gasteiger partial charge in [-0.05, 0) is 160 Å². The van der Waals surface area contributed by atoms with E-state index >= 15 is 0 Å². The van der Waals surface area contributed by atoms with Crippen molar-refractivity contribution in [2.75, 3.05) is 14.7 Å². The van der Waals surface area contributed by atoms with E-state index in [0.29, 0.717) is 0 Å². The summed E-state index contributed by atoms with van der Waals surface area (Å²) in [7, 11) is 0. The Hall–Kier alpha value is -9.38. The molecule has 346 valence electrons. The lowest BCUT2D eigenvalue weighted by atomic mass is 9.82. The number of anilines is 9. The van der Waals surface area contributed by atoms with Crippen molar-refractivity contribution in [2.24, 2.45) is 0 Å². The molecule has 0 radical (unpaired) electrons. The molecule has 0 N–H and O–H groups in total. The maximum atomic E-state index is 2.42. The van der Waals surface area contributed by atoms with Gasteiger partial charge in [-0.15, -0.1) is 0 Å². The van der Waals surface area contributed by atoms with E-state index in [-0.39, 0.29) is 5.41 Å². The summed E-state index contributed by atoms with van der Waals surface area (Å²) < 4.78 is 2.38. The fourth-order valence-electron chi connectivity index (χ4n) is 11.8. The molecule has 12 aromatic rings. The van der Waals surface area contributed by atoms with Crippen LogP contribution < -0.4 is 14.7 Å². The average Bonchev–Trinajstić information content (AvgIpc) is 3.91.